The number of hydrogen-bond acceptors (Lipinski definition) is 1. The third kappa shape index (κ3) is 2.23. The first-order valence-corrected chi connectivity index (χ1v) is 5.69. The van der Waals surface area contributed by atoms with Gasteiger partial charge in [0.1, 0.15) is 0 Å². The maximum absolute atomic E-state index is 5.96. The molecule has 1 aromatic rings. The van der Waals surface area contributed by atoms with Gasteiger partial charge < -0.3 is 5.73 Å². The maximum Gasteiger partial charge on any atom is 0.00729 e. The van der Waals surface area contributed by atoms with E-state index in [4.69, 9.17) is 5.73 Å². The van der Waals surface area contributed by atoms with Crippen LogP contribution >= 0.6 is 0 Å². The lowest BCUT2D eigenvalue weighted by atomic mass is 9.71. The average Bonchev–Trinajstić information content (AvgIpc) is 2.20. The molecule has 0 spiro atoms. The number of rotatable bonds is 3. The summed E-state index contributed by atoms with van der Waals surface area (Å²) in [6, 6.07) is 6.64. The first-order chi connectivity index (χ1) is 6.91. The lowest BCUT2D eigenvalue weighted by molar-refractivity contribution is 0.346. The second-order valence-electron chi connectivity index (χ2n) is 5.09. The van der Waals surface area contributed by atoms with E-state index < -0.39 is 0 Å². The van der Waals surface area contributed by atoms with Gasteiger partial charge in [0.15, 0.2) is 0 Å². The van der Waals surface area contributed by atoms with E-state index >= 15 is 0 Å². The van der Waals surface area contributed by atoms with Gasteiger partial charge in [0.05, 0.1) is 0 Å². The number of nitrogens with two attached hydrogens (primary N) is 1. The van der Waals surface area contributed by atoms with Crippen molar-refractivity contribution in [2.24, 2.45) is 11.7 Å². The third-order valence-electron chi connectivity index (χ3n) is 3.71. The van der Waals surface area contributed by atoms with E-state index in [0.717, 1.165) is 0 Å². The second kappa shape index (κ2) is 4.36. The van der Waals surface area contributed by atoms with Gasteiger partial charge in [-0.15, -0.1) is 0 Å². The van der Waals surface area contributed by atoms with Gasteiger partial charge >= 0.3 is 0 Å². The monoisotopic (exact) mass is 205 g/mol. The lowest BCUT2D eigenvalue weighted by Gasteiger charge is -2.34. The van der Waals surface area contributed by atoms with E-state index in [-0.39, 0.29) is 5.41 Å². The molecular weight excluding hydrogens is 182 g/mol. The van der Waals surface area contributed by atoms with E-state index in [1.54, 1.807) is 0 Å². The summed E-state index contributed by atoms with van der Waals surface area (Å²) in [5.41, 5.74) is 10.1. The molecule has 1 unspecified atom stereocenters. The van der Waals surface area contributed by atoms with Gasteiger partial charge in [-0.25, -0.2) is 0 Å². The van der Waals surface area contributed by atoms with Crippen LogP contribution in [0.1, 0.15) is 37.5 Å². The van der Waals surface area contributed by atoms with Crippen LogP contribution in [-0.2, 0) is 5.41 Å². The molecule has 15 heavy (non-hydrogen) atoms. The lowest BCUT2D eigenvalue weighted by Crippen LogP contribution is -2.37. The van der Waals surface area contributed by atoms with E-state index in [1.165, 1.54) is 16.7 Å². The first kappa shape index (κ1) is 12.3. The Kier molecular flexibility index (Phi) is 3.56. The summed E-state index contributed by atoms with van der Waals surface area (Å²) in [7, 11) is 0. The Morgan fingerprint density at radius 3 is 2.33 bits per heavy atom. The molecule has 0 radical (unpaired) electrons. The zero-order valence-electron chi connectivity index (χ0n) is 10.6. The predicted octanol–water partition coefficient (Wildman–Crippen LogP) is 3.18. The zero-order valence-corrected chi connectivity index (χ0v) is 10.6. The molecule has 0 aliphatic heterocycles. The molecule has 1 nitrogen and oxygen atoms in total. The fourth-order valence-electron chi connectivity index (χ4n) is 2.01. The van der Waals surface area contributed by atoms with Crippen LogP contribution in [0.3, 0.4) is 0 Å². The Balaban J connectivity index is 3.29. The van der Waals surface area contributed by atoms with Gasteiger partial charge in [-0.05, 0) is 30.9 Å². The van der Waals surface area contributed by atoms with E-state index in [9.17, 15) is 0 Å². The maximum atomic E-state index is 5.96. The van der Waals surface area contributed by atoms with Gasteiger partial charge in [0.25, 0.3) is 0 Å². The minimum absolute atomic E-state index is 0.0934. The molecule has 0 aromatic heterocycles. The van der Waals surface area contributed by atoms with Crippen molar-refractivity contribution in [3.8, 4) is 0 Å². The van der Waals surface area contributed by atoms with E-state index in [2.05, 4.69) is 52.8 Å². The minimum atomic E-state index is 0.0934. The van der Waals surface area contributed by atoms with Gasteiger partial charge in [-0.2, -0.15) is 0 Å². The third-order valence-corrected chi connectivity index (χ3v) is 3.71. The van der Waals surface area contributed by atoms with Crippen LogP contribution in [0.25, 0.3) is 0 Å². The Bertz CT molecular complexity index is 341. The quantitative estimate of drug-likeness (QED) is 0.806. The number of hydrogen-bond donors (Lipinski definition) is 1. The van der Waals surface area contributed by atoms with Crippen LogP contribution in [0.4, 0.5) is 0 Å². The van der Waals surface area contributed by atoms with Gasteiger partial charge in [0, 0.05) is 12.0 Å². The van der Waals surface area contributed by atoms with Crippen LogP contribution in [0, 0.1) is 19.8 Å². The summed E-state index contributed by atoms with van der Waals surface area (Å²) >= 11 is 0. The molecule has 1 atom stereocenters. The molecule has 0 aliphatic carbocycles. The summed E-state index contributed by atoms with van der Waals surface area (Å²) in [5.74, 6) is 0.558. The molecule has 0 heterocycles. The van der Waals surface area contributed by atoms with Crippen molar-refractivity contribution in [2.75, 3.05) is 6.54 Å². The van der Waals surface area contributed by atoms with Crippen LogP contribution in [0.2, 0.25) is 0 Å². The van der Waals surface area contributed by atoms with Crippen molar-refractivity contribution in [3.05, 3.63) is 34.9 Å². The molecule has 0 aliphatic rings. The van der Waals surface area contributed by atoms with Crippen molar-refractivity contribution in [3.63, 3.8) is 0 Å². The second-order valence-corrected chi connectivity index (χ2v) is 5.09. The average molecular weight is 205 g/mol. The van der Waals surface area contributed by atoms with Gasteiger partial charge in [0.2, 0.25) is 0 Å². The molecule has 0 saturated carbocycles. The normalized spacial score (nSPS) is 15.4. The molecule has 1 heteroatoms. The van der Waals surface area contributed by atoms with Crippen LogP contribution in [-0.4, -0.2) is 6.54 Å². The molecular formula is C14H23N. The molecule has 1 rings (SSSR count). The molecule has 0 amide bonds. The fraction of sp³-hybridized carbons (Fsp3) is 0.571. The van der Waals surface area contributed by atoms with Crippen LogP contribution in [0.15, 0.2) is 18.2 Å². The zero-order chi connectivity index (χ0) is 11.6. The van der Waals surface area contributed by atoms with Crippen molar-refractivity contribution in [1.29, 1.82) is 0 Å². The summed E-state index contributed by atoms with van der Waals surface area (Å²) in [5, 5.41) is 0. The molecule has 0 saturated heterocycles. The van der Waals surface area contributed by atoms with Crippen molar-refractivity contribution in [1.82, 2.24) is 0 Å². The number of aryl methyl sites for hydroxylation is 2. The Morgan fingerprint density at radius 2 is 1.87 bits per heavy atom. The highest BCUT2D eigenvalue weighted by atomic mass is 14.6. The summed E-state index contributed by atoms with van der Waals surface area (Å²) in [6.07, 6.45) is 0. The molecule has 84 valence electrons. The smallest absolute Gasteiger partial charge is 0.00729 e. The topological polar surface area (TPSA) is 26.0 Å². The van der Waals surface area contributed by atoms with E-state index in [0.29, 0.717) is 12.5 Å². The van der Waals surface area contributed by atoms with E-state index in [1.807, 2.05) is 0 Å². The standard InChI is InChI=1S/C14H23N/c1-10(2)14(5,9-15)13-8-11(3)6-7-12(13)4/h6-8,10H,9,15H2,1-5H3. The summed E-state index contributed by atoms with van der Waals surface area (Å²) in [6.45, 7) is 11.8. The summed E-state index contributed by atoms with van der Waals surface area (Å²) in [4.78, 5) is 0. The minimum Gasteiger partial charge on any atom is -0.330 e. The Labute approximate surface area is 93.7 Å². The molecule has 0 fully saturated rings. The SMILES string of the molecule is Cc1ccc(C)c(C(C)(CN)C(C)C)c1. The van der Waals surface area contributed by atoms with Gasteiger partial charge in [-0.1, -0.05) is 44.5 Å². The van der Waals surface area contributed by atoms with Crippen LogP contribution < -0.4 is 5.73 Å². The first-order valence-electron chi connectivity index (χ1n) is 5.69. The van der Waals surface area contributed by atoms with Crippen LogP contribution in [0.5, 0.6) is 0 Å². The highest BCUT2D eigenvalue weighted by Crippen LogP contribution is 2.33. The highest BCUT2D eigenvalue weighted by molar-refractivity contribution is 5.37. The summed E-state index contributed by atoms with van der Waals surface area (Å²) < 4.78 is 0. The molecule has 2 N–H and O–H groups in total. The highest BCUT2D eigenvalue weighted by Gasteiger charge is 2.30. The van der Waals surface area contributed by atoms with Gasteiger partial charge in [-0.3, -0.25) is 0 Å². The largest absolute Gasteiger partial charge is 0.330 e. The molecule has 1 aromatic carbocycles. The Hall–Kier alpha value is -0.820. The fourth-order valence-corrected chi connectivity index (χ4v) is 2.01. The Morgan fingerprint density at radius 1 is 1.27 bits per heavy atom. The molecule has 0 bridgehead atoms. The predicted molar refractivity (Wildman–Crippen MR) is 67.2 cm³/mol. The number of benzene rings is 1. The van der Waals surface area contributed by atoms with Crippen molar-refractivity contribution < 1.29 is 0 Å². The van der Waals surface area contributed by atoms with Crippen molar-refractivity contribution in [2.45, 2.75) is 40.0 Å². The van der Waals surface area contributed by atoms with Crippen molar-refractivity contribution >= 4 is 0 Å².